The van der Waals surface area contributed by atoms with Gasteiger partial charge in [0.2, 0.25) is 0 Å². The van der Waals surface area contributed by atoms with Crippen molar-refractivity contribution in [3.05, 3.63) is 65.8 Å². The zero-order valence-electron chi connectivity index (χ0n) is 17.7. The molecule has 3 fully saturated rings. The standard InChI is InChI=1S/C23H27N7O/c1-28-11-19(24-15-28)22(31)30-13-23(14-30)12-29(9-16-5-3-2-4-6-16)10-18(23)21-25-20(26-27-21)17-7-8-17/h2-6,11,15,17-18H,7-10,12-14H2,1H3,(H,25,26,27). The van der Waals surface area contributed by atoms with Crippen molar-refractivity contribution >= 4 is 5.91 Å². The van der Waals surface area contributed by atoms with E-state index in [4.69, 9.17) is 4.98 Å². The number of H-pyrrole nitrogens is 1. The molecule has 8 heteroatoms. The first-order valence-corrected chi connectivity index (χ1v) is 11.1. The van der Waals surface area contributed by atoms with Gasteiger partial charge in [0.25, 0.3) is 5.91 Å². The summed E-state index contributed by atoms with van der Waals surface area (Å²) in [6.07, 6.45) is 5.86. The Morgan fingerprint density at radius 3 is 2.71 bits per heavy atom. The Hall–Kier alpha value is -3.00. The molecular weight excluding hydrogens is 390 g/mol. The average Bonchev–Trinajstić information content (AvgIpc) is 3.15. The van der Waals surface area contributed by atoms with Gasteiger partial charge in [0.05, 0.1) is 6.33 Å². The Balaban J connectivity index is 1.23. The Morgan fingerprint density at radius 2 is 2.00 bits per heavy atom. The minimum absolute atomic E-state index is 0.0135. The molecule has 31 heavy (non-hydrogen) atoms. The highest BCUT2D eigenvalue weighted by atomic mass is 16.2. The summed E-state index contributed by atoms with van der Waals surface area (Å²) >= 11 is 0. The fourth-order valence-electron chi connectivity index (χ4n) is 5.24. The molecule has 1 unspecified atom stereocenters. The van der Waals surface area contributed by atoms with Crippen molar-refractivity contribution < 1.29 is 4.79 Å². The molecule has 1 aliphatic carbocycles. The molecule has 6 rings (SSSR count). The first-order chi connectivity index (χ1) is 15.1. The molecule has 1 N–H and O–H groups in total. The van der Waals surface area contributed by atoms with Crippen molar-refractivity contribution in [1.82, 2.24) is 34.5 Å². The fourth-order valence-corrected chi connectivity index (χ4v) is 5.24. The van der Waals surface area contributed by atoms with Gasteiger partial charge in [-0.2, -0.15) is 5.10 Å². The normalized spacial score (nSPS) is 22.7. The molecule has 2 saturated heterocycles. The maximum atomic E-state index is 12.9. The average molecular weight is 418 g/mol. The first kappa shape index (κ1) is 18.7. The van der Waals surface area contributed by atoms with E-state index in [1.165, 1.54) is 18.4 Å². The van der Waals surface area contributed by atoms with Gasteiger partial charge < -0.3 is 9.47 Å². The van der Waals surface area contributed by atoms with Gasteiger partial charge in [-0.1, -0.05) is 30.3 Å². The maximum Gasteiger partial charge on any atom is 0.274 e. The van der Waals surface area contributed by atoms with Crippen LogP contribution in [0.3, 0.4) is 0 Å². The summed E-state index contributed by atoms with van der Waals surface area (Å²) in [5, 5.41) is 7.76. The topological polar surface area (TPSA) is 82.9 Å². The third kappa shape index (κ3) is 3.35. The number of aromatic nitrogens is 5. The number of nitrogens with one attached hydrogen (secondary N) is 1. The van der Waals surface area contributed by atoms with E-state index in [0.717, 1.165) is 44.4 Å². The number of hydrogen-bond donors (Lipinski definition) is 1. The molecule has 2 aliphatic heterocycles. The number of aryl methyl sites for hydroxylation is 1. The maximum absolute atomic E-state index is 12.9. The highest BCUT2D eigenvalue weighted by Gasteiger charge is 2.57. The van der Waals surface area contributed by atoms with Crippen molar-refractivity contribution in [2.75, 3.05) is 26.2 Å². The highest BCUT2D eigenvalue weighted by molar-refractivity contribution is 5.92. The lowest BCUT2D eigenvalue weighted by molar-refractivity contribution is 0.00140. The number of nitrogens with zero attached hydrogens (tertiary/aromatic N) is 6. The van der Waals surface area contributed by atoms with Gasteiger partial charge in [-0.3, -0.25) is 14.8 Å². The van der Waals surface area contributed by atoms with Gasteiger partial charge in [0, 0.05) is 63.2 Å². The van der Waals surface area contributed by atoms with E-state index in [0.29, 0.717) is 11.6 Å². The van der Waals surface area contributed by atoms with Crippen LogP contribution in [0.15, 0.2) is 42.9 Å². The predicted octanol–water partition coefficient (Wildman–Crippen LogP) is 2.16. The number of carbonyl (C=O) groups is 1. The molecule has 0 radical (unpaired) electrons. The summed E-state index contributed by atoms with van der Waals surface area (Å²) in [4.78, 5) is 26.5. The van der Waals surface area contributed by atoms with Gasteiger partial charge in [-0.15, -0.1) is 0 Å². The summed E-state index contributed by atoms with van der Waals surface area (Å²) in [5.41, 5.74) is 1.85. The van der Waals surface area contributed by atoms with Crippen LogP contribution in [-0.4, -0.2) is 66.6 Å². The number of likely N-dealkylation sites (tertiary alicyclic amines) is 2. The van der Waals surface area contributed by atoms with E-state index in [9.17, 15) is 4.79 Å². The number of carbonyl (C=O) groups excluding carboxylic acids is 1. The zero-order valence-corrected chi connectivity index (χ0v) is 17.7. The van der Waals surface area contributed by atoms with Crippen LogP contribution in [0, 0.1) is 5.41 Å². The van der Waals surface area contributed by atoms with E-state index in [1.54, 1.807) is 12.5 Å². The third-order valence-electron chi connectivity index (χ3n) is 6.98. The predicted molar refractivity (Wildman–Crippen MR) is 114 cm³/mol. The Morgan fingerprint density at radius 1 is 1.19 bits per heavy atom. The molecule has 0 bridgehead atoms. The minimum Gasteiger partial charge on any atom is -0.340 e. The second-order valence-corrected chi connectivity index (χ2v) is 9.51. The van der Waals surface area contributed by atoms with E-state index in [-0.39, 0.29) is 17.2 Å². The van der Waals surface area contributed by atoms with Gasteiger partial charge in [-0.25, -0.2) is 9.97 Å². The summed E-state index contributed by atoms with van der Waals surface area (Å²) in [6.45, 7) is 4.27. The van der Waals surface area contributed by atoms with Crippen molar-refractivity contribution in [2.45, 2.75) is 31.2 Å². The third-order valence-corrected chi connectivity index (χ3v) is 6.98. The molecule has 1 aromatic carbocycles. The zero-order chi connectivity index (χ0) is 21.0. The quantitative estimate of drug-likeness (QED) is 0.688. The van der Waals surface area contributed by atoms with E-state index in [2.05, 4.69) is 50.4 Å². The number of aromatic amines is 1. The molecular formula is C23H27N7O. The van der Waals surface area contributed by atoms with Crippen LogP contribution < -0.4 is 0 Å². The molecule has 1 spiro atoms. The van der Waals surface area contributed by atoms with Crippen molar-refractivity contribution in [3.8, 4) is 0 Å². The van der Waals surface area contributed by atoms with Crippen LogP contribution in [0.1, 0.15) is 52.4 Å². The fraction of sp³-hybridized carbons (Fsp3) is 0.478. The lowest BCUT2D eigenvalue weighted by Gasteiger charge is -2.50. The van der Waals surface area contributed by atoms with Crippen LogP contribution in [0.25, 0.3) is 0 Å². The highest BCUT2D eigenvalue weighted by Crippen LogP contribution is 2.49. The van der Waals surface area contributed by atoms with Gasteiger partial charge >= 0.3 is 0 Å². The van der Waals surface area contributed by atoms with Gasteiger partial charge in [0.1, 0.15) is 11.5 Å². The number of imidazole rings is 1. The Bertz CT molecular complexity index is 1090. The van der Waals surface area contributed by atoms with Crippen LogP contribution in [-0.2, 0) is 13.6 Å². The van der Waals surface area contributed by atoms with E-state index < -0.39 is 0 Å². The first-order valence-electron chi connectivity index (χ1n) is 11.1. The molecule has 1 amide bonds. The monoisotopic (exact) mass is 417 g/mol. The molecule has 160 valence electrons. The van der Waals surface area contributed by atoms with Crippen molar-refractivity contribution in [2.24, 2.45) is 12.5 Å². The summed E-state index contributed by atoms with van der Waals surface area (Å²) in [7, 11) is 1.89. The van der Waals surface area contributed by atoms with E-state index >= 15 is 0 Å². The van der Waals surface area contributed by atoms with Gasteiger partial charge in [0.15, 0.2) is 5.82 Å². The molecule has 1 atom stereocenters. The van der Waals surface area contributed by atoms with Crippen LogP contribution in [0.2, 0.25) is 0 Å². The van der Waals surface area contributed by atoms with Crippen LogP contribution in [0.4, 0.5) is 0 Å². The molecule has 2 aromatic heterocycles. The summed E-state index contributed by atoms with van der Waals surface area (Å²) in [5.74, 6) is 2.76. The summed E-state index contributed by atoms with van der Waals surface area (Å²) in [6, 6.07) is 10.6. The lowest BCUT2D eigenvalue weighted by Crippen LogP contribution is -2.61. The number of benzene rings is 1. The minimum atomic E-state index is 0.0135. The molecule has 4 heterocycles. The largest absolute Gasteiger partial charge is 0.340 e. The second-order valence-electron chi connectivity index (χ2n) is 9.51. The second kappa shape index (κ2) is 7.02. The molecule has 8 nitrogen and oxygen atoms in total. The van der Waals surface area contributed by atoms with Crippen LogP contribution in [0.5, 0.6) is 0 Å². The Labute approximate surface area is 181 Å². The van der Waals surface area contributed by atoms with Crippen LogP contribution >= 0.6 is 0 Å². The van der Waals surface area contributed by atoms with Crippen molar-refractivity contribution in [3.63, 3.8) is 0 Å². The lowest BCUT2D eigenvalue weighted by atomic mass is 9.71. The smallest absolute Gasteiger partial charge is 0.274 e. The molecule has 3 aromatic rings. The number of amides is 1. The Kier molecular flexibility index (Phi) is 4.24. The summed E-state index contributed by atoms with van der Waals surface area (Å²) < 4.78 is 1.82. The van der Waals surface area contributed by atoms with Crippen molar-refractivity contribution in [1.29, 1.82) is 0 Å². The van der Waals surface area contributed by atoms with E-state index in [1.807, 2.05) is 16.5 Å². The molecule has 1 saturated carbocycles. The number of rotatable bonds is 5. The SMILES string of the molecule is Cn1cnc(C(=O)N2CC3(CN(Cc4ccccc4)CC3c3nc(C4CC4)n[nH]3)C2)c1. The number of hydrogen-bond acceptors (Lipinski definition) is 5. The van der Waals surface area contributed by atoms with Gasteiger partial charge in [-0.05, 0) is 18.4 Å². The molecule has 3 aliphatic rings.